The topological polar surface area (TPSA) is 93.0 Å². The SMILES string of the molecule is O=S=Nc1ccc(S(=O)(=O)N=S=O)cc1. The molecule has 0 saturated carbocycles. The highest BCUT2D eigenvalue weighted by molar-refractivity contribution is 7.93. The Morgan fingerprint density at radius 2 is 1.60 bits per heavy atom. The third kappa shape index (κ3) is 3.15. The molecule has 15 heavy (non-hydrogen) atoms. The van der Waals surface area contributed by atoms with Gasteiger partial charge in [-0.05, 0) is 24.3 Å². The molecular weight excluding hydrogens is 260 g/mol. The van der Waals surface area contributed by atoms with Crippen LogP contribution >= 0.6 is 0 Å². The number of benzene rings is 1. The first-order chi connectivity index (χ1) is 7.10. The van der Waals surface area contributed by atoms with Gasteiger partial charge in [-0.2, -0.15) is 21.2 Å². The van der Waals surface area contributed by atoms with Crippen LogP contribution in [0, 0.1) is 0 Å². The summed E-state index contributed by atoms with van der Waals surface area (Å²) in [5, 5.41) is 0. The zero-order valence-electron chi connectivity index (χ0n) is 7.06. The summed E-state index contributed by atoms with van der Waals surface area (Å²) in [6.07, 6.45) is 0. The van der Waals surface area contributed by atoms with Gasteiger partial charge in [-0.3, -0.25) is 0 Å². The third-order valence-corrected chi connectivity index (χ3v) is 3.59. The van der Waals surface area contributed by atoms with Gasteiger partial charge in [0.25, 0.3) is 10.0 Å². The van der Waals surface area contributed by atoms with E-state index >= 15 is 0 Å². The summed E-state index contributed by atoms with van der Waals surface area (Å²) in [7, 11) is -3.89. The minimum absolute atomic E-state index is 0.0263. The molecule has 0 amide bonds. The smallest absolute Gasteiger partial charge is 0.198 e. The number of rotatable bonds is 3. The first-order valence-corrected chi connectivity index (χ1v) is 6.30. The van der Waals surface area contributed by atoms with Crippen LogP contribution < -0.4 is 0 Å². The number of hydrogen-bond donors (Lipinski definition) is 0. The summed E-state index contributed by atoms with van der Waals surface area (Å²) in [5.74, 6) is 0. The molecule has 9 heteroatoms. The van der Waals surface area contributed by atoms with Crippen LogP contribution in [0.3, 0.4) is 0 Å². The fourth-order valence-corrected chi connectivity index (χ4v) is 2.16. The maximum Gasteiger partial charge on any atom is 0.294 e. The highest BCUT2D eigenvalue weighted by atomic mass is 32.2. The van der Waals surface area contributed by atoms with E-state index in [0.717, 1.165) is 0 Å². The molecule has 1 aromatic carbocycles. The lowest BCUT2D eigenvalue weighted by Crippen LogP contribution is -1.94. The largest absolute Gasteiger partial charge is 0.294 e. The van der Waals surface area contributed by atoms with E-state index in [4.69, 9.17) is 0 Å². The summed E-state index contributed by atoms with van der Waals surface area (Å²) in [5.41, 5.74) is 0.351. The molecule has 0 atom stereocenters. The molecule has 0 heterocycles. The molecule has 0 saturated heterocycles. The van der Waals surface area contributed by atoms with Gasteiger partial charge in [-0.1, -0.05) is 3.77 Å². The molecule has 1 aromatic rings. The molecule has 0 spiro atoms. The van der Waals surface area contributed by atoms with Crippen LogP contribution in [0.4, 0.5) is 5.69 Å². The van der Waals surface area contributed by atoms with E-state index in [2.05, 4.69) is 8.13 Å². The van der Waals surface area contributed by atoms with E-state index in [1.54, 1.807) is 0 Å². The van der Waals surface area contributed by atoms with Crippen molar-refractivity contribution in [2.75, 3.05) is 0 Å². The van der Waals surface area contributed by atoms with Gasteiger partial charge >= 0.3 is 0 Å². The second kappa shape index (κ2) is 5.05. The normalized spacial score (nSPS) is 10.4. The van der Waals surface area contributed by atoms with Crippen molar-refractivity contribution in [1.29, 1.82) is 0 Å². The van der Waals surface area contributed by atoms with Crippen molar-refractivity contribution >= 4 is 38.6 Å². The van der Waals surface area contributed by atoms with E-state index in [9.17, 15) is 16.8 Å². The van der Waals surface area contributed by atoms with Gasteiger partial charge < -0.3 is 0 Å². The van der Waals surface area contributed by atoms with E-state index < -0.39 is 10.0 Å². The highest BCUT2D eigenvalue weighted by Gasteiger charge is 2.11. The van der Waals surface area contributed by atoms with Crippen LogP contribution in [-0.4, -0.2) is 16.8 Å². The number of sulfonamides is 1. The molecule has 0 fully saturated rings. The van der Waals surface area contributed by atoms with Crippen molar-refractivity contribution in [3.05, 3.63) is 24.3 Å². The van der Waals surface area contributed by atoms with Gasteiger partial charge in [0.2, 0.25) is 22.9 Å². The summed E-state index contributed by atoms with van der Waals surface area (Å²) in [4.78, 5) is -0.110. The minimum atomic E-state index is -3.89. The molecular formula is C6H4N2O4S3. The van der Waals surface area contributed by atoms with E-state index in [0.29, 0.717) is 5.69 Å². The zero-order valence-corrected chi connectivity index (χ0v) is 9.51. The Morgan fingerprint density at radius 3 is 2.07 bits per heavy atom. The van der Waals surface area contributed by atoms with Gasteiger partial charge in [0.05, 0.1) is 10.6 Å². The van der Waals surface area contributed by atoms with Crippen LogP contribution in [0.2, 0.25) is 0 Å². The quantitative estimate of drug-likeness (QED) is 0.807. The van der Waals surface area contributed by atoms with Gasteiger partial charge in [0.1, 0.15) is 0 Å². The maximum atomic E-state index is 11.2. The molecule has 6 nitrogen and oxygen atoms in total. The molecule has 0 aliphatic heterocycles. The molecule has 0 aliphatic carbocycles. The molecule has 80 valence electrons. The second-order valence-electron chi connectivity index (χ2n) is 2.28. The van der Waals surface area contributed by atoms with Crippen molar-refractivity contribution in [3.63, 3.8) is 0 Å². The van der Waals surface area contributed by atoms with E-state index in [-0.39, 0.29) is 27.8 Å². The highest BCUT2D eigenvalue weighted by Crippen LogP contribution is 2.17. The fourth-order valence-electron chi connectivity index (χ4n) is 0.805. The van der Waals surface area contributed by atoms with Gasteiger partial charge in [0.15, 0.2) is 0 Å². The Bertz CT molecular complexity index is 553. The molecule has 0 unspecified atom stereocenters. The Labute approximate surface area is 92.9 Å². The van der Waals surface area contributed by atoms with E-state index in [1.807, 2.05) is 0 Å². The first-order valence-electron chi connectivity index (χ1n) is 3.46. The zero-order chi connectivity index (χ0) is 11.3. The Hall–Kier alpha value is -1.19. The monoisotopic (exact) mass is 264 g/mol. The van der Waals surface area contributed by atoms with Crippen LogP contribution in [0.25, 0.3) is 0 Å². The van der Waals surface area contributed by atoms with Crippen molar-refractivity contribution in [2.24, 2.45) is 8.13 Å². The Balaban J connectivity index is 3.20. The van der Waals surface area contributed by atoms with Crippen molar-refractivity contribution in [1.82, 2.24) is 0 Å². The lowest BCUT2D eigenvalue weighted by atomic mass is 10.3. The average molecular weight is 264 g/mol. The van der Waals surface area contributed by atoms with Gasteiger partial charge in [0, 0.05) is 0 Å². The Morgan fingerprint density at radius 1 is 1.00 bits per heavy atom. The molecule has 0 radical (unpaired) electrons. The van der Waals surface area contributed by atoms with Crippen molar-refractivity contribution in [2.45, 2.75) is 4.90 Å². The molecule has 1 rings (SSSR count). The second-order valence-corrected chi connectivity index (χ2v) is 4.78. The average Bonchev–Trinajstić information content (AvgIpc) is 2.19. The summed E-state index contributed by atoms with van der Waals surface area (Å²) < 4.78 is 48.8. The number of hydrogen-bond acceptors (Lipinski definition) is 5. The van der Waals surface area contributed by atoms with Crippen molar-refractivity contribution < 1.29 is 16.8 Å². The van der Waals surface area contributed by atoms with Crippen LogP contribution in [0.15, 0.2) is 37.3 Å². The lowest BCUT2D eigenvalue weighted by molar-refractivity contribution is 0.598. The lowest BCUT2D eigenvalue weighted by Gasteiger charge is -1.95. The predicted molar refractivity (Wildman–Crippen MR) is 54.4 cm³/mol. The van der Waals surface area contributed by atoms with E-state index in [1.165, 1.54) is 24.3 Å². The third-order valence-electron chi connectivity index (χ3n) is 1.41. The van der Waals surface area contributed by atoms with Crippen LogP contribution in [0.1, 0.15) is 0 Å². The summed E-state index contributed by atoms with van der Waals surface area (Å²) in [6, 6.07) is 5.15. The molecule has 0 bridgehead atoms. The summed E-state index contributed by atoms with van der Waals surface area (Å²) in [6.45, 7) is 0. The molecule has 0 N–H and O–H groups in total. The van der Waals surface area contributed by atoms with Gasteiger partial charge in [-0.25, -0.2) is 0 Å². The summed E-state index contributed by atoms with van der Waals surface area (Å²) >= 11 is -0.346. The van der Waals surface area contributed by atoms with Crippen molar-refractivity contribution in [3.8, 4) is 0 Å². The maximum absolute atomic E-state index is 11.2. The Kier molecular flexibility index (Phi) is 4.00. The molecule has 0 aromatic heterocycles. The minimum Gasteiger partial charge on any atom is -0.198 e. The van der Waals surface area contributed by atoms with Gasteiger partial charge in [-0.15, -0.1) is 0 Å². The van der Waals surface area contributed by atoms with Crippen LogP contribution in [-0.2, 0) is 32.9 Å². The number of nitrogens with zero attached hydrogens (tertiary/aromatic N) is 2. The van der Waals surface area contributed by atoms with Crippen LogP contribution in [0.5, 0.6) is 0 Å². The predicted octanol–water partition coefficient (Wildman–Crippen LogP) is 0.800. The fraction of sp³-hybridized carbons (Fsp3) is 0. The first kappa shape index (κ1) is 11.9. The standard InChI is InChI=1S/C6H4N2O4S3/c9-13-7-5-1-3-6(4-2-5)15(11,12)8-14-10/h1-4H. The molecule has 0 aliphatic rings.